The zero-order chi connectivity index (χ0) is 17.3. The summed E-state index contributed by atoms with van der Waals surface area (Å²) in [5.41, 5.74) is 1.98. The summed E-state index contributed by atoms with van der Waals surface area (Å²) in [7, 11) is 0. The molecule has 6 heteroatoms. The highest BCUT2D eigenvalue weighted by Crippen LogP contribution is 2.44. The Bertz CT molecular complexity index is 764. The summed E-state index contributed by atoms with van der Waals surface area (Å²) in [6, 6.07) is 10.2. The van der Waals surface area contributed by atoms with E-state index in [1.165, 1.54) is 19.3 Å². The zero-order valence-electron chi connectivity index (χ0n) is 15.1. The molecule has 4 nitrogen and oxygen atoms in total. The Hall–Kier alpha value is -1.43. The second kappa shape index (κ2) is 8.07. The van der Waals surface area contributed by atoms with Gasteiger partial charge >= 0.3 is 0 Å². The predicted octanol–water partition coefficient (Wildman–Crippen LogP) is 3.94. The van der Waals surface area contributed by atoms with Gasteiger partial charge in [0, 0.05) is 17.0 Å². The first kappa shape index (κ1) is 19.3. The molecular formula is C20H26ClN3OS. The van der Waals surface area contributed by atoms with Crippen LogP contribution < -0.4 is 10.6 Å². The molecule has 2 aliphatic rings. The molecule has 1 saturated heterocycles. The third kappa shape index (κ3) is 3.53. The maximum atomic E-state index is 13.0. The fraction of sp³-hybridized carbons (Fsp3) is 0.500. The van der Waals surface area contributed by atoms with Crippen LogP contribution in [0, 0.1) is 18.3 Å². The smallest absolute Gasteiger partial charge is 0.228 e. The van der Waals surface area contributed by atoms with Crippen LogP contribution in [-0.2, 0) is 11.3 Å². The third-order valence-electron chi connectivity index (χ3n) is 5.81. The standard InChI is InChI=1S/C20H25N3OS.ClH/c1-14-17(25-18(23-14)15-7-3-2-4-8-15)12-22-19(24)20-10-6-5-9-16(20)11-21-13-20;/h2-4,7-8,16,21H,5-6,9-13H2,1H3,(H,22,24);1H/t16-,20+;/m0./s1. The Kier molecular flexibility index (Phi) is 6.00. The Balaban J connectivity index is 0.00000196. The Morgan fingerprint density at radius 3 is 2.96 bits per heavy atom. The SMILES string of the molecule is Cc1nc(-c2ccccc2)sc1CNC(=O)[C@@]12CCCC[C@H]1CNC2.Cl. The summed E-state index contributed by atoms with van der Waals surface area (Å²) in [5, 5.41) is 7.71. The monoisotopic (exact) mass is 391 g/mol. The Morgan fingerprint density at radius 1 is 1.35 bits per heavy atom. The van der Waals surface area contributed by atoms with Crippen LogP contribution in [0.5, 0.6) is 0 Å². The van der Waals surface area contributed by atoms with Crippen molar-refractivity contribution in [3.63, 3.8) is 0 Å². The second-order valence-corrected chi connectivity index (χ2v) is 8.39. The summed E-state index contributed by atoms with van der Waals surface area (Å²) < 4.78 is 0. The van der Waals surface area contributed by atoms with E-state index in [2.05, 4.69) is 22.8 Å². The lowest BCUT2D eigenvalue weighted by molar-refractivity contribution is -0.134. The molecular weight excluding hydrogens is 366 g/mol. The van der Waals surface area contributed by atoms with Crippen molar-refractivity contribution in [1.29, 1.82) is 0 Å². The molecule has 4 rings (SSSR count). The molecule has 2 fully saturated rings. The number of aryl methyl sites for hydroxylation is 1. The summed E-state index contributed by atoms with van der Waals surface area (Å²) >= 11 is 1.68. The molecule has 26 heavy (non-hydrogen) atoms. The van der Waals surface area contributed by atoms with Gasteiger partial charge in [-0.3, -0.25) is 4.79 Å². The minimum atomic E-state index is -0.181. The van der Waals surface area contributed by atoms with Crippen molar-refractivity contribution in [2.75, 3.05) is 13.1 Å². The van der Waals surface area contributed by atoms with Crippen LogP contribution in [0.15, 0.2) is 30.3 Å². The van der Waals surface area contributed by atoms with E-state index in [9.17, 15) is 4.79 Å². The number of halogens is 1. The van der Waals surface area contributed by atoms with Crippen molar-refractivity contribution in [2.45, 2.75) is 39.2 Å². The largest absolute Gasteiger partial charge is 0.351 e. The summed E-state index contributed by atoms with van der Waals surface area (Å²) in [4.78, 5) is 18.8. The second-order valence-electron chi connectivity index (χ2n) is 7.31. The molecule has 1 amide bonds. The predicted molar refractivity (Wildman–Crippen MR) is 109 cm³/mol. The van der Waals surface area contributed by atoms with Crippen molar-refractivity contribution in [3.05, 3.63) is 40.9 Å². The Labute approximate surface area is 165 Å². The van der Waals surface area contributed by atoms with E-state index in [0.717, 1.165) is 40.7 Å². The Morgan fingerprint density at radius 2 is 2.15 bits per heavy atom. The highest BCUT2D eigenvalue weighted by atomic mass is 35.5. The van der Waals surface area contributed by atoms with Crippen LogP contribution in [0.3, 0.4) is 0 Å². The van der Waals surface area contributed by atoms with E-state index in [-0.39, 0.29) is 23.7 Å². The maximum absolute atomic E-state index is 13.0. The van der Waals surface area contributed by atoms with Crippen LogP contribution in [0.2, 0.25) is 0 Å². The highest BCUT2D eigenvalue weighted by molar-refractivity contribution is 7.15. The van der Waals surface area contributed by atoms with E-state index in [0.29, 0.717) is 12.5 Å². The van der Waals surface area contributed by atoms with Gasteiger partial charge in [-0.25, -0.2) is 4.98 Å². The van der Waals surface area contributed by atoms with Crippen molar-refractivity contribution >= 4 is 29.7 Å². The number of benzene rings is 1. The van der Waals surface area contributed by atoms with Crippen molar-refractivity contribution in [1.82, 2.24) is 15.6 Å². The first-order valence-electron chi connectivity index (χ1n) is 9.20. The quantitative estimate of drug-likeness (QED) is 0.830. The number of fused-ring (bicyclic) bond motifs is 1. The minimum absolute atomic E-state index is 0. The van der Waals surface area contributed by atoms with Gasteiger partial charge in [-0.05, 0) is 32.2 Å². The molecule has 1 aliphatic carbocycles. The summed E-state index contributed by atoms with van der Waals surface area (Å²) in [6.07, 6.45) is 4.63. The van der Waals surface area contributed by atoms with Gasteiger partial charge < -0.3 is 10.6 Å². The molecule has 2 N–H and O–H groups in total. The van der Waals surface area contributed by atoms with Gasteiger partial charge in [0.05, 0.1) is 17.7 Å². The average molecular weight is 392 g/mol. The number of carbonyl (C=O) groups is 1. The molecule has 2 atom stereocenters. The average Bonchev–Trinajstić information content (AvgIpc) is 3.25. The minimum Gasteiger partial charge on any atom is -0.351 e. The van der Waals surface area contributed by atoms with Gasteiger partial charge in [-0.1, -0.05) is 43.2 Å². The number of hydrogen-bond acceptors (Lipinski definition) is 4. The lowest BCUT2D eigenvalue weighted by Gasteiger charge is -2.37. The normalized spacial score (nSPS) is 24.6. The molecule has 1 saturated carbocycles. The van der Waals surface area contributed by atoms with E-state index >= 15 is 0 Å². The molecule has 1 aromatic carbocycles. The van der Waals surface area contributed by atoms with Gasteiger partial charge in [0.25, 0.3) is 0 Å². The molecule has 2 heterocycles. The molecule has 2 aromatic rings. The van der Waals surface area contributed by atoms with Crippen molar-refractivity contribution in [2.24, 2.45) is 11.3 Å². The van der Waals surface area contributed by atoms with Crippen LogP contribution in [0.25, 0.3) is 10.6 Å². The molecule has 0 bridgehead atoms. The van der Waals surface area contributed by atoms with E-state index in [4.69, 9.17) is 4.98 Å². The molecule has 0 radical (unpaired) electrons. The highest BCUT2D eigenvalue weighted by Gasteiger charge is 2.49. The first-order valence-corrected chi connectivity index (χ1v) is 10.0. The van der Waals surface area contributed by atoms with Gasteiger partial charge in [0.15, 0.2) is 0 Å². The molecule has 0 spiro atoms. The summed E-state index contributed by atoms with van der Waals surface area (Å²) in [6.45, 7) is 4.44. The van der Waals surface area contributed by atoms with Gasteiger partial charge in [-0.15, -0.1) is 23.7 Å². The van der Waals surface area contributed by atoms with Crippen LogP contribution in [0.4, 0.5) is 0 Å². The van der Waals surface area contributed by atoms with Gasteiger partial charge in [0.1, 0.15) is 5.01 Å². The van der Waals surface area contributed by atoms with Crippen molar-refractivity contribution < 1.29 is 4.79 Å². The van der Waals surface area contributed by atoms with Crippen LogP contribution in [-0.4, -0.2) is 24.0 Å². The van der Waals surface area contributed by atoms with E-state index < -0.39 is 0 Å². The fourth-order valence-corrected chi connectivity index (χ4v) is 5.33. The fourth-order valence-electron chi connectivity index (χ4n) is 4.32. The first-order chi connectivity index (χ1) is 12.2. The lowest BCUT2D eigenvalue weighted by atomic mass is 9.67. The summed E-state index contributed by atoms with van der Waals surface area (Å²) in [5.74, 6) is 0.736. The van der Waals surface area contributed by atoms with Crippen molar-refractivity contribution in [3.8, 4) is 10.6 Å². The van der Waals surface area contributed by atoms with Crippen LogP contribution >= 0.6 is 23.7 Å². The number of nitrogens with one attached hydrogen (secondary N) is 2. The number of aromatic nitrogens is 1. The third-order valence-corrected chi connectivity index (χ3v) is 7.02. The molecule has 1 aromatic heterocycles. The zero-order valence-corrected chi connectivity index (χ0v) is 16.7. The van der Waals surface area contributed by atoms with Gasteiger partial charge in [-0.2, -0.15) is 0 Å². The molecule has 1 aliphatic heterocycles. The van der Waals surface area contributed by atoms with Gasteiger partial charge in [0.2, 0.25) is 5.91 Å². The van der Waals surface area contributed by atoms with E-state index in [1.807, 2.05) is 25.1 Å². The number of hydrogen-bond donors (Lipinski definition) is 2. The molecule has 140 valence electrons. The number of thiazole rings is 1. The number of carbonyl (C=O) groups excluding carboxylic acids is 1. The van der Waals surface area contributed by atoms with E-state index in [1.54, 1.807) is 11.3 Å². The number of amides is 1. The number of nitrogens with zero attached hydrogens (tertiary/aromatic N) is 1. The lowest BCUT2D eigenvalue weighted by Crippen LogP contribution is -2.47. The topological polar surface area (TPSA) is 54.0 Å². The molecule has 0 unspecified atom stereocenters. The maximum Gasteiger partial charge on any atom is 0.228 e. The van der Waals surface area contributed by atoms with Crippen LogP contribution in [0.1, 0.15) is 36.3 Å². The number of rotatable bonds is 4.